The molecule has 0 aromatic heterocycles. The molecule has 4 amide bonds. The number of amides is 4. The fraction of sp³-hybridized carbons (Fsp3) is 0. The van der Waals surface area contributed by atoms with Crippen LogP contribution in [0.25, 0.3) is 0 Å². The van der Waals surface area contributed by atoms with E-state index in [4.69, 9.17) is 28.3 Å². The second kappa shape index (κ2) is 5.20. The normalized spacial score (nSPS) is 9.79. The molecule has 10 nitrogen and oxygen atoms in total. The number of carboxylic acids is 1. The van der Waals surface area contributed by atoms with Crippen molar-refractivity contribution < 1.29 is 19.5 Å². The van der Waals surface area contributed by atoms with Crippen molar-refractivity contribution in [3.63, 3.8) is 0 Å². The zero-order valence-corrected chi connectivity index (χ0v) is 9.61. The minimum Gasteiger partial charge on any atom is -0.478 e. The molecule has 19 heavy (non-hydrogen) atoms. The Morgan fingerprint density at radius 1 is 0.947 bits per heavy atom. The van der Waals surface area contributed by atoms with Crippen LogP contribution in [-0.2, 0) is 0 Å². The third-order valence-electron chi connectivity index (χ3n) is 2.22. The van der Waals surface area contributed by atoms with Gasteiger partial charge in [-0.2, -0.15) is 0 Å². The lowest BCUT2D eigenvalue weighted by molar-refractivity contribution is 0.0697. The lowest BCUT2D eigenvalue weighted by Gasteiger charge is -2.22. The molecule has 1 aromatic rings. The number of benzene rings is 1. The van der Waals surface area contributed by atoms with Crippen LogP contribution < -0.4 is 33.2 Å². The van der Waals surface area contributed by atoms with Gasteiger partial charge in [0.1, 0.15) is 0 Å². The van der Waals surface area contributed by atoms with Crippen LogP contribution in [0.4, 0.5) is 21.0 Å². The van der Waals surface area contributed by atoms with E-state index in [9.17, 15) is 14.4 Å². The molecular formula is C9H12N6O4. The molecule has 0 radical (unpaired) electrons. The fourth-order valence-electron chi connectivity index (χ4n) is 1.29. The Labute approximate surface area is 107 Å². The molecule has 0 unspecified atom stereocenters. The highest BCUT2D eigenvalue weighted by molar-refractivity contribution is 6.01. The molecule has 0 fully saturated rings. The van der Waals surface area contributed by atoms with Crippen LogP contribution in [0, 0.1) is 0 Å². The summed E-state index contributed by atoms with van der Waals surface area (Å²) < 4.78 is 0. The molecule has 0 bridgehead atoms. The van der Waals surface area contributed by atoms with Crippen molar-refractivity contribution in [2.45, 2.75) is 0 Å². The molecule has 0 saturated heterocycles. The highest BCUT2D eigenvalue weighted by Crippen LogP contribution is 2.27. The quantitative estimate of drug-likeness (QED) is 0.263. The average molecular weight is 268 g/mol. The summed E-state index contributed by atoms with van der Waals surface area (Å²) in [6.07, 6.45) is 0. The molecule has 0 spiro atoms. The van der Waals surface area contributed by atoms with Crippen LogP contribution in [0.3, 0.4) is 0 Å². The summed E-state index contributed by atoms with van der Waals surface area (Å²) in [6.45, 7) is 0. The monoisotopic (exact) mass is 268 g/mol. The van der Waals surface area contributed by atoms with E-state index in [1.807, 2.05) is 0 Å². The minimum atomic E-state index is -1.26. The number of hydrogen-bond acceptors (Lipinski definition) is 5. The molecule has 0 saturated carbocycles. The maximum atomic E-state index is 11.0. The molecule has 0 atom stereocenters. The van der Waals surface area contributed by atoms with Crippen LogP contribution >= 0.6 is 0 Å². The highest BCUT2D eigenvalue weighted by Gasteiger charge is 2.20. The van der Waals surface area contributed by atoms with Gasteiger partial charge in [0.2, 0.25) is 0 Å². The number of nitrogens with two attached hydrogens (primary N) is 4. The summed E-state index contributed by atoms with van der Waals surface area (Å²) in [5.41, 5.74) is 9.54. The maximum absolute atomic E-state index is 11.0. The van der Waals surface area contributed by atoms with Crippen molar-refractivity contribution in [1.29, 1.82) is 0 Å². The van der Waals surface area contributed by atoms with E-state index in [0.717, 1.165) is 6.07 Å². The zero-order valence-electron chi connectivity index (χ0n) is 9.61. The van der Waals surface area contributed by atoms with E-state index in [2.05, 4.69) is 0 Å². The molecule has 0 heterocycles. The van der Waals surface area contributed by atoms with Crippen molar-refractivity contribution in [3.8, 4) is 0 Å². The summed E-state index contributed by atoms with van der Waals surface area (Å²) in [5.74, 6) is 9.50. The number of rotatable bonds is 3. The number of primary amides is 2. The Morgan fingerprint density at radius 2 is 1.42 bits per heavy atom. The van der Waals surface area contributed by atoms with E-state index in [0.29, 0.717) is 10.0 Å². The van der Waals surface area contributed by atoms with E-state index < -0.39 is 18.0 Å². The van der Waals surface area contributed by atoms with Gasteiger partial charge in [-0.25, -0.2) is 36.1 Å². The lowest BCUT2D eigenvalue weighted by atomic mass is 10.1. The van der Waals surface area contributed by atoms with Crippen LogP contribution in [-0.4, -0.2) is 23.1 Å². The Morgan fingerprint density at radius 3 is 1.84 bits per heavy atom. The Hall–Kier alpha value is -2.85. The summed E-state index contributed by atoms with van der Waals surface area (Å²) >= 11 is 0. The lowest BCUT2D eigenvalue weighted by Crippen LogP contribution is -2.46. The first-order valence-corrected chi connectivity index (χ1v) is 4.81. The predicted molar refractivity (Wildman–Crippen MR) is 65.9 cm³/mol. The van der Waals surface area contributed by atoms with Crippen molar-refractivity contribution >= 4 is 29.4 Å². The number of carbonyl (C=O) groups excluding carboxylic acids is 2. The van der Waals surface area contributed by atoms with Gasteiger partial charge in [-0.05, 0) is 18.2 Å². The second-order valence-electron chi connectivity index (χ2n) is 3.43. The fourth-order valence-corrected chi connectivity index (χ4v) is 1.29. The number of aromatic carboxylic acids is 1. The molecule has 0 aliphatic heterocycles. The van der Waals surface area contributed by atoms with Gasteiger partial charge >= 0.3 is 18.0 Å². The smallest absolute Gasteiger partial charge is 0.335 e. The maximum Gasteiger partial charge on any atom is 0.335 e. The topological polar surface area (TPSA) is 182 Å². The van der Waals surface area contributed by atoms with Crippen molar-refractivity contribution in [2.24, 2.45) is 23.2 Å². The van der Waals surface area contributed by atoms with Gasteiger partial charge in [-0.3, -0.25) is 0 Å². The van der Waals surface area contributed by atoms with Gasteiger partial charge in [0, 0.05) is 0 Å². The van der Waals surface area contributed by atoms with Crippen LogP contribution in [0.1, 0.15) is 10.4 Å². The molecular weight excluding hydrogens is 256 g/mol. The third-order valence-corrected chi connectivity index (χ3v) is 2.22. The summed E-state index contributed by atoms with van der Waals surface area (Å²) in [4.78, 5) is 32.9. The van der Waals surface area contributed by atoms with E-state index >= 15 is 0 Å². The van der Waals surface area contributed by atoms with Gasteiger partial charge < -0.3 is 16.6 Å². The molecule has 102 valence electrons. The number of carboxylic acid groups (broad SMARTS) is 1. The van der Waals surface area contributed by atoms with Gasteiger partial charge in [0.05, 0.1) is 16.9 Å². The molecule has 9 N–H and O–H groups in total. The number of carbonyl (C=O) groups is 3. The van der Waals surface area contributed by atoms with Crippen LogP contribution in [0.5, 0.6) is 0 Å². The molecule has 10 heteroatoms. The molecule has 1 aromatic carbocycles. The first-order chi connectivity index (χ1) is 8.75. The standard InChI is InChI=1S/C9H12N6O4/c10-8(18)14(12)5-2-1-4(7(16)17)3-6(5)15(13)9(11)19/h1-3H,12-13H2,(H2,10,18)(H2,11,19)(H,16,17). The van der Waals surface area contributed by atoms with Gasteiger partial charge in [-0.15, -0.1) is 0 Å². The Balaban J connectivity index is 3.42. The summed E-state index contributed by atoms with van der Waals surface area (Å²) in [6, 6.07) is 1.28. The van der Waals surface area contributed by atoms with Crippen molar-refractivity contribution in [3.05, 3.63) is 23.8 Å². The minimum absolute atomic E-state index is 0.0706. The Kier molecular flexibility index (Phi) is 3.89. The van der Waals surface area contributed by atoms with E-state index in [-0.39, 0.29) is 16.9 Å². The molecule has 0 aliphatic carbocycles. The molecule has 1 rings (SSSR count). The van der Waals surface area contributed by atoms with Crippen molar-refractivity contribution in [2.75, 3.05) is 10.0 Å². The van der Waals surface area contributed by atoms with E-state index in [1.54, 1.807) is 0 Å². The first kappa shape index (κ1) is 14.2. The van der Waals surface area contributed by atoms with E-state index in [1.165, 1.54) is 12.1 Å². The largest absolute Gasteiger partial charge is 0.478 e. The third kappa shape index (κ3) is 2.88. The summed E-state index contributed by atoms with van der Waals surface area (Å²) in [7, 11) is 0. The predicted octanol–water partition coefficient (Wildman–Crippen LogP) is -1.10. The van der Waals surface area contributed by atoms with Crippen LogP contribution in [0.15, 0.2) is 18.2 Å². The summed E-state index contributed by atoms with van der Waals surface area (Å²) in [5, 5.41) is 9.81. The zero-order chi connectivity index (χ0) is 14.7. The molecule has 0 aliphatic rings. The van der Waals surface area contributed by atoms with Gasteiger partial charge in [0.15, 0.2) is 0 Å². The number of anilines is 2. The SMILES string of the molecule is NC(=O)N(N)c1ccc(C(=O)O)cc1N(N)C(N)=O. The highest BCUT2D eigenvalue weighted by atomic mass is 16.4. The number of urea groups is 2. The van der Waals surface area contributed by atoms with Crippen LogP contribution in [0.2, 0.25) is 0 Å². The number of hydrazine groups is 2. The Bertz CT molecular complexity index is 546. The van der Waals surface area contributed by atoms with Crippen molar-refractivity contribution in [1.82, 2.24) is 0 Å². The van der Waals surface area contributed by atoms with Gasteiger partial charge in [0.25, 0.3) is 0 Å². The number of hydrogen-bond donors (Lipinski definition) is 5. The number of nitrogens with zero attached hydrogens (tertiary/aromatic N) is 2. The average Bonchev–Trinajstić information content (AvgIpc) is 2.35. The van der Waals surface area contributed by atoms with Gasteiger partial charge in [-0.1, -0.05) is 0 Å². The first-order valence-electron chi connectivity index (χ1n) is 4.81. The second-order valence-corrected chi connectivity index (χ2v) is 3.43.